The summed E-state index contributed by atoms with van der Waals surface area (Å²) in [4.78, 5) is 14.2. The molecular weight excluding hydrogens is 242 g/mol. The van der Waals surface area contributed by atoms with Gasteiger partial charge in [-0.2, -0.15) is 0 Å². The third kappa shape index (κ3) is 3.38. The van der Waals surface area contributed by atoms with Crippen molar-refractivity contribution in [2.75, 3.05) is 44.5 Å². The Bertz CT molecular complexity index is 454. The predicted octanol–water partition coefficient (Wildman–Crippen LogP) is 1.10. The summed E-state index contributed by atoms with van der Waals surface area (Å²) in [6.45, 7) is 2.18. The highest BCUT2D eigenvalue weighted by molar-refractivity contribution is 6.00. The van der Waals surface area contributed by atoms with Crippen molar-refractivity contribution < 1.29 is 9.53 Å². The molecule has 1 fully saturated rings. The molecule has 0 spiro atoms. The highest BCUT2D eigenvalue weighted by Crippen LogP contribution is 2.21. The van der Waals surface area contributed by atoms with Crippen LogP contribution < -0.4 is 16.0 Å². The summed E-state index contributed by atoms with van der Waals surface area (Å²) in [6, 6.07) is 5.38. The van der Waals surface area contributed by atoms with Crippen LogP contribution in [0.3, 0.4) is 0 Å². The molecule has 1 aromatic carbocycles. The van der Waals surface area contributed by atoms with Crippen LogP contribution in [0.15, 0.2) is 18.2 Å². The number of ether oxygens (including phenoxy) is 1. The maximum atomic E-state index is 12.2. The zero-order valence-corrected chi connectivity index (χ0v) is 11.5. The Labute approximate surface area is 113 Å². The fourth-order valence-corrected chi connectivity index (χ4v) is 2.20. The van der Waals surface area contributed by atoms with Gasteiger partial charge in [0.25, 0.3) is 5.91 Å². The van der Waals surface area contributed by atoms with E-state index in [1.54, 1.807) is 12.1 Å². The standard InChI is InChI=1S/C14H21N3O2/c1-17(2)13-4-3-11(15)7-12(13)14(18)16-8-10-5-6-19-9-10/h3-4,7,10H,5-6,8-9,15H2,1-2H3,(H,16,18). The summed E-state index contributed by atoms with van der Waals surface area (Å²) >= 11 is 0. The number of anilines is 2. The Hall–Kier alpha value is -1.75. The summed E-state index contributed by atoms with van der Waals surface area (Å²) in [6.07, 6.45) is 1.01. The lowest BCUT2D eigenvalue weighted by Gasteiger charge is -2.18. The average molecular weight is 263 g/mol. The van der Waals surface area contributed by atoms with Crippen molar-refractivity contribution >= 4 is 17.3 Å². The number of amides is 1. The molecule has 0 bridgehead atoms. The van der Waals surface area contributed by atoms with Gasteiger partial charge in [0.15, 0.2) is 0 Å². The molecule has 1 unspecified atom stereocenters. The number of carbonyl (C=O) groups is 1. The highest BCUT2D eigenvalue weighted by atomic mass is 16.5. The van der Waals surface area contributed by atoms with Crippen LogP contribution in [0.4, 0.5) is 11.4 Å². The van der Waals surface area contributed by atoms with Crippen molar-refractivity contribution in [3.8, 4) is 0 Å². The van der Waals surface area contributed by atoms with Gasteiger partial charge in [0.05, 0.1) is 12.2 Å². The minimum absolute atomic E-state index is 0.0806. The van der Waals surface area contributed by atoms with Crippen LogP contribution in [0, 0.1) is 5.92 Å². The first-order valence-electron chi connectivity index (χ1n) is 6.50. The fourth-order valence-electron chi connectivity index (χ4n) is 2.20. The molecule has 2 rings (SSSR count). The van der Waals surface area contributed by atoms with Gasteiger partial charge >= 0.3 is 0 Å². The van der Waals surface area contributed by atoms with E-state index in [4.69, 9.17) is 10.5 Å². The zero-order valence-electron chi connectivity index (χ0n) is 11.5. The summed E-state index contributed by atoms with van der Waals surface area (Å²) in [5, 5.41) is 2.96. The number of hydrogen-bond acceptors (Lipinski definition) is 4. The molecule has 1 aliphatic rings. The smallest absolute Gasteiger partial charge is 0.253 e. The molecule has 0 aliphatic carbocycles. The van der Waals surface area contributed by atoms with Crippen LogP contribution in [0.2, 0.25) is 0 Å². The van der Waals surface area contributed by atoms with Gasteiger partial charge in [-0.3, -0.25) is 4.79 Å². The van der Waals surface area contributed by atoms with Crippen LogP contribution in [-0.4, -0.2) is 39.8 Å². The quantitative estimate of drug-likeness (QED) is 0.798. The summed E-state index contributed by atoms with van der Waals surface area (Å²) < 4.78 is 5.30. The number of nitrogen functional groups attached to an aromatic ring is 1. The molecule has 1 saturated heterocycles. The number of nitrogens with zero attached hydrogens (tertiary/aromatic N) is 1. The second kappa shape index (κ2) is 5.93. The minimum Gasteiger partial charge on any atom is -0.399 e. The van der Waals surface area contributed by atoms with Gasteiger partial charge in [0, 0.05) is 44.5 Å². The van der Waals surface area contributed by atoms with E-state index < -0.39 is 0 Å². The predicted molar refractivity (Wildman–Crippen MR) is 76.4 cm³/mol. The fraction of sp³-hybridized carbons (Fsp3) is 0.500. The number of nitrogens with one attached hydrogen (secondary N) is 1. The Balaban J connectivity index is 2.06. The van der Waals surface area contributed by atoms with E-state index in [0.717, 1.165) is 25.3 Å². The Morgan fingerprint density at radius 3 is 2.95 bits per heavy atom. The van der Waals surface area contributed by atoms with Crippen molar-refractivity contribution in [2.24, 2.45) is 5.92 Å². The maximum absolute atomic E-state index is 12.2. The third-order valence-electron chi connectivity index (χ3n) is 3.32. The van der Waals surface area contributed by atoms with E-state index in [9.17, 15) is 4.79 Å². The van der Waals surface area contributed by atoms with Crippen molar-refractivity contribution in [2.45, 2.75) is 6.42 Å². The molecule has 0 aromatic heterocycles. The first kappa shape index (κ1) is 13.7. The van der Waals surface area contributed by atoms with E-state index in [1.165, 1.54) is 0 Å². The molecule has 1 heterocycles. The van der Waals surface area contributed by atoms with E-state index in [2.05, 4.69) is 5.32 Å². The molecule has 0 saturated carbocycles. The van der Waals surface area contributed by atoms with E-state index in [-0.39, 0.29) is 5.91 Å². The van der Waals surface area contributed by atoms with Crippen molar-refractivity contribution in [1.29, 1.82) is 0 Å². The maximum Gasteiger partial charge on any atom is 0.253 e. The van der Waals surface area contributed by atoms with Crippen molar-refractivity contribution in [1.82, 2.24) is 5.32 Å². The molecule has 1 aliphatic heterocycles. The molecule has 5 heteroatoms. The van der Waals surface area contributed by atoms with Gasteiger partial charge in [-0.25, -0.2) is 0 Å². The van der Waals surface area contributed by atoms with Crippen LogP contribution >= 0.6 is 0 Å². The summed E-state index contributed by atoms with van der Waals surface area (Å²) in [7, 11) is 3.82. The van der Waals surface area contributed by atoms with Crippen LogP contribution in [0.5, 0.6) is 0 Å². The lowest BCUT2D eigenvalue weighted by atomic mass is 10.1. The number of nitrogens with two attached hydrogens (primary N) is 1. The first-order chi connectivity index (χ1) is 9.08. The molecule has 0 radical (unpaired) electrons. The highest BCUT2D eigenvalue weighted by Gasteiger charge is 2.18. The number of rotatable bonds is 4. The summed E-state index contributed by atoms with van der Waals surface area (Å²) in [5.74, 6) is 0.343. The largest absolute Gasteiger partial charge is 0.399 e. The molecule has 1 amide bonds. The van der Waals surface area contributed by atoms with Crippen molar-refractivity contribution in [3.63, 3.8) is 0 Å². The lowest BCUT2D eigenvalue weighted by molar-refractivity contribution is 0.0945. The Kier molecular flexibility index (Phi) is 4.27. The van der Waals surface area contributed by atoms with Gasteiger partial charge in [-0.15, -0.1) is 0 Å². The van der Waals surface area contributed by atoms with Crippen molar-refractivity contribution in [3.05, 3.63) is 23.8 Å². The van der Waals surface area contributed by atoms with Crippen LogP contribution in [0.25, 0.3) is 0 Å². The molecule has 104 valence electrons. The van der Waals surface area contributed by atoms with Gasteiger partial charge in [0.2, 0.25) is 0 Å². The monoisotopic (exact) mass is 263 g/mol. The lowest BCUT2D eigenvalue weighted by Crippen LogP contribution is -2.30. The molecular formula is C14H21N3O2. The van der Waals surface area contributed by atoms with E-state index in [1.807, 2.05) is 25.1 Å². The summed E-state index contributed by atoms with van der Waals surface area (Å²) in [5.41, 5.74) is 7.85. The molecule has 5 nitrogen and oxygen atoms in total. The van der Waals surface area contributed by atoms with Crippen LogP contribution in [0.1, 0.15) is 16.8 Å². The third-order valence-corrected chi connectivity index (χ3v) is 3.32. The number of hydrogen-bond donors (Lipinski definition) is 2. The number of benzene rings is 1. The first-order valence-corrected chi connectivity index (χ1v) is 6.50. The minimum atomic E-state index is -0.0806. The van der Waals surface area contributed by atoms with E-state index in [0.29, 0.717) is 23.7 Å². The Morgan fingerprint density at radius 1 is 1.53 bits per heavy atom. The van der Waals surface area contributed by atoms with Crippen LogP contribution in [-0.2, 0) is 4.74 Å². The average Bonchev–Trinajstić information content (AvgIpc) is 2.88. The number of carbonyl (C=O) groups excluding carboxylic acids is 1. The molecule has 1 atom stereocenters. The second-order valence-electron chi connectivity index (χ2n) is 5.11. The van der Waals surface area contributed by atoms with Gasteiger partial charge < -0.3 is 20.7 Å². The Morgan fingerprint density at radius 2 is 2.32 bits per heavy atom. The SMILES string of the molecule is CN(C)c1ccc(N)cc1C(=O)NCC1CCOC1. The topological polar surface area (TPSA) is 67.6 Å². The zero-order chi connectivity index (χ0) is 13.8. The molecule has 1 aromatic rings. The van der Waals surface area contributed by atoms with E-state index >= 15 is 0 Å². The molecule has 19 heavy (non-hydrogen) atoms. The van der Waals surface area contributed by atoms with Gasteiger partial charge in [-0.1, -0.05) is 0 Å². The normalized spacial score (nSPS) is 18.3. The van der Waals surface area contributed by atoms with Gasteiger partial charge in [-0.05, 0) is 24.6 Å². The van der Waals surface area contributed by atoms with Gasteiger partial charge in [0.1, 0.15) is 0 Å². The molecule has 3 N–H and O–H groups in total. The second-order valence-corrected chi connectivity index (χ2v) is 5.11.